The fourth-order valence-electron chi connectivity index (χ4n) is 3.21. The van der Waals surface area contributed by atoms with E-state index in [4.69, 9.17) is 4.98 Å². The van der Waals surface area contributed by atoms with Crippen LogP contribution >= 0.6 is 43.6 Å². The van der Waals surface area contributed by atoms with Gasteiger partial charge >= 0.3 is 0 Å². The third-order valence-electron chi connectivity index (χ3n) is 4.86. The Kier molecular flexibility index (Phi) is 7.52. The highest BCUT2D eigenvalue weighted by molar-refractivity contribution is 9.11. The van der Waals surface area contributed by atoms with Gasteiger partial charge in [-0.25, -0.2) is 10.4 Å². The Labute approximate surface area is 212 Å². The number of thioether (sulfide) groups is 1. The molecule has 33 heavy (non-hydrogen) atoms. The number of nitrogens with one attached hydrogen (secondary N) is 1. The molecule has 0 fully saturated rings. The van der Waals surface area contributed by atoms with Crippen LogP contribution in [0.5, 0.6) is 5.75 Å². The minimum atomic E-state index is -0.265. The molecule has 0 aliphatic heterocycles. The lowest BCUT2D eigenvalue weighted by molar-refractivity contribution is -0.118. The minimum Gasteiger partial charge on any atom is -0.506 e. The second-order valence-corrected chi connectivity index (χ2v) is 10.1. The zero-order valence-corrected chi connectivity index (χ0v) is 21.6. The Hall–Kier alpha value is -2.62. The van der Waals surface area contributed by atoms with Gasteiger partial charge in [0, 0.05) is 10.0 Å². The number of benzene rings is 3. The van der Waals surface area contributed by atoms with Gasteiger partial charge < -0.3 is 9.67 Å². The Bertz CT molecular complexity index is 1340. The summed E-state index contributed by atoms with van der Waals surface area (Å²) >= 11 is 8.00. The van der Waals surface area contributed by atoms with Crippen LogP contribution in [0.25, 0.3) is 11.0 Å². The first kappa shape index (κ1) is 23.5. The molecule has 0 aliphatic carbocycles. The number of halogens is 2. The molecule has 9 heteroatoms. The molecular weight excluding hydrogens is 568 g/mol. The minimum absolute atomic E-state index is 0.0513. The van der Waals surface area contributed by atoms with E-state index in [1.807, 2.05) is 24.3 Å². The predicted octanol–water partition coefficient (Wildman–Crippen LogP) is 5.87. The number of hydrogen-bond acceptors (Lipinski definition) is 5. The van der Waals surface area contributed by atoms with Crippen LogP contribution in [0, 0.1) is 6.92 Å². The normalized spacial score (nSPS) is 11.4. The van der Waals surface area contributed by atoms with Crippen LogP contribution < -0.4 is 5.43 Å². The van der Waals surface area contributed by atoms with Gasteiger partial charge in [-0.15, -0.1) is 0 Å². The average molecular weight is 588 g/mol. The van der Waals surface area contributed by atoms with E-state index in [9.17, 15) is 9.90 Å². The van der Waals surface area contributed by atoms with Crippen molar-refractivity contribution in [3.05, 3.63) is 86.3 Å². The van der Waals surface area contributed by atoms with Gasteiger partial charge in [0.05, 0.1) is 34.0 Å². The maximum Gasteiger partial charge on any atom is 0.250 e. The van der Waals surface area contributed by atoms with E-state index in [1.165, 1.54) is 29.1 Å². The summed E-state index contributed by atoms with van der Waals surface area (Å²) in [5, 5.41) is 14.8. The van der Waals surface area contributed by atoms with Crippen molar-refractivity contribution in [2.45, 2.75) is 18.6 Å². The summed E-state index contributed by atoms with van der Waals surface area (Å²) in [6.07, 6.45) is 1.40. The Morgan fingerprint density at radius 3 is 2.73 bits per heavy atom. The first-order valence-corrected chi connectivity index (χ1v) is 12.6. The maximum absolute atomic E-state index is 12.4. The van der Waals surface area contributed by atoms with Crippen LogP contribution in [0.4, 0.5) is 0 Å². The molecule has 0 saturated carbocycles. The number of rotatable bonds is 7. The van der Waals surface area contributed by atoms with Gasteiger partial charge in [0.15, 0.2) is 5.16 Å². The summed E-state index contributed by atoms with van der Waals surface area (Å²) in [7, 11) is 0. The van der Waals surface area contributed by atoms with Crippen molar-refractivity contribution in [3.8, 4) is 5.75 Å². The number of aryl methyl sites for hydroxylation is 1. The van der Waals surface area contributed by atoms with E-state index in [0.717, 1.165) is 20.7 Å². The molecule has 3 aromatic carbocycles. The van der Waals surface area contributed by atoms with Crippen LogP contribution in [0.15, 0.2) is 79.9 Å². The topological polar surface area (TPSA) is 79.5 Å². The largest absolute Gasteiger partial charge is 0.506 e. The molecule has 168 valence electrons. The van der Waals surface area contributed by atoms with Gasteiger partial charge in [0.1, 0.15) is 5.75 Å². The van der Waals surface area contributed by atoms with Crippen molar-refractivity contribution < 1.29 is 9.90 Å². The molecular formula is C24H20Br2N4O2S. The molecule has 0 bridgehead atoms. The lowest BCUT2D eigenvalue weighted by atomic mass is 10.1. The number of phenols is 1. The van der Waals surface area contributed by atoms with Gasteiger partial charge in [-0.2, -0.15) is 5.10 Å². The van der Waals surface area contributed by atoms with Gasteiger partial charge in [-0.3, -0.25) is 4.79 Å². The number of para-hydroxylation sites is 2. The first-order chi connectivity index (χ1) is 15.9. The highest BCUT2D eigenvalue weighted by atomic mass is 79.9. The highest BCUT2D eigenvalue weighted by Crippen LogP contribution is 2.30. The number of amides is 1. The molecule has 1 amide bonds. The maximum atomic E-state index is 12.4. The van der Waals surface area contributed by atoms with E-state index in [0.29, 0.717) is 16.6 Å². The van der Waals surface area contributed by atoms with E-state index >= 15 is 0 Å². The second kappa shape index (κ2) is 10.5. The summed E-state index contributed by atoms with van der Waals surface area (Å²) in [4.78, 5) is 17.1. The summed E-state index contributed by atoms with van der Waals surface area (Å²) in [5.41, 5.74) is 7.28. The monoisotopic (exact) mass is 586 g/mol. The van der Waals surface area contributed by atoms with E-state index in [-0.39, 0.29) is 17.4 Å². The van der Waals surface area contributed by atoms with E-state index < -0.39 is 0 Å². The lowest BCUT2D eigenvalue weighted by Crippen LogP contribution is -2.20. The molecule has 2 N–H and O–H groups in total. The highest BCUT2D eigenvalue weighted by Gasteiger charge is 2.13. The Balaban J connectivity index is 1.45. The molecule has 0 aliphatic rings. The summed E-state index contributed by atoms with van der Waals surface area (Å²) < 4.78 is 3.44. The van der Waals surface area contributed by atoms with Gasteiger partial charge in [-0.05, 0) is 52.7 Å². The zero-order chi connectivity index (χ0) is 23.4. The van der Waals surface area contributed by atoms with Crippen LogP contribution in [-0.4, -0.2) is 32.5 Å². The molecule has 0 atom stereocenters. The number of hydrogen-bond donors (Lipinski definition) is 2. The second-order valence-electron chi connectivity index (χ2n) is 7.36. The van der Waals surface area contributed by atoms with Crippen molar-refractivity contribution in [2.75, 3.05) is 5.75 Å². The number of fused-ring (bicyclic) bond motifs is 1. The zero-order valence-electron chi connectivity index (χ0n) is 17.6. The molecule has 4 aromatic rings. The van der Waals surface area contributed by atoms with Crippen LogP contribution in [-0.2, 0) is 11.3 Å². The molecule has 0 unspecified atom stereocenters. The third kappa shape index (κ3) is 5.85. The first-order valence-electron chi connectivity index (χ1n) is 10.0. The molecule has 0 spiro atoms. The summed E-state index contributed by atoms with van der Waals surface area (Å²) in [5.74, 6) is -0.0583. The van der Waals surface area contributed by atoms with Crippen LogP contribution in [0.3, 0.4) is 0 Å². The number of imidazole rings is 1. The summed E-state index contributed by atoms with van der Waals surface area (Å²) in [6.45, 7) is 2.73. The van der Waals surface area contributed by atoms with Gasteiger partial charge in [-0.1, -0.05) is 69.7 Å². The molecule has 0 saturated heterocycles. The Morgan fingerprint density at radius 1 is 1.18 bits per heavy atom. The van der Waals surface area contributed by atoms with Crippen molar-refractivity contribution in [2.24, 2.45) is 5.10 Å². The molecule has 4 rings (SSSR count). The average Bonchev–Trinajstić information content (AvgIpc) is 3.14. The number of nitrogens with zero attached hydrogens (tertiary/aromatic N) is 3. The van der Waals surface area contributed by atoms with E-state index in [1.54, 1.807) is 12.1 Å². The smallest absolute Gasteiger partial charge is 0.250 e. The lowest BCUT2D eigenvalue weighted by Gasteiger charge is -2.09. The number of carbonyl (C=O) groups excluding carboxylic acids is 1. The fraction of sp³-hybridized carbons (Fsp3) is 0.125. The molecule has 6 nitrogen and oxygen atoms in total. The van der Waals surface area contributed by atoms with Crippen molar-refractivity contribution in [1.82, 2.24) is 15.0 Å². The number of carbonyl (C=O) groups is 1. The summed E-state index contributed by atoms with van der Waals surface area (Å²) in [6, 6.07) is 19.8. The Morgan fingerprint density at radius 2 is 1.94 bits per heavy atom. The number of aromatic hydroxyl groups is 1. The number of phenolic OH excluding ortho intramolecular Hbond substituents is 1. The van der Waals surface area contributed by atoms with Gasteiger partial charge in [0.2, 0.25) is 0 Å². The SMILES string of the molecule is Cc1ccc(Cn2c(SCC(=O)NN=Cc3cc(Br)cc(Br)c3O)nc3ccccc32)cc1. The molecule has 1 aromatic heterocycles. The standard InChI is InChI=1S/C24H20Br2N4O2S/c1-15-6-8-16(9-7-15)13-30-21-5-3-2-4-20(21)28-24(30)33-14-22(31)29-27-12-17-10-18(25)11-19(26)23(17)32/h2-12,32H,13-14H2,1H3,(H,29,31). The van der Waals surface area contributed by atoms with Crippen LogP contribution in [0.2, 0.25) is 0 Å². The van der Waals surface area contributed by atoms with Crippen LogP contribution in [0.1, 0.15) is 16.7 Å². The van der Waals surface area contributed by atoms with E-state index in [2.05, 4.69) is 78.1 Å². The number of hydrazone groups is 1. The van der Waals surface area contributed by atoms with Gasteiger partial charge in [0.25, 0.3) is 5.91 Å². The third-order valence-corrected chi connectivity index (χ3v) is 6.90. The van der Waals surface area contributed by atoms with Crippen molar-refractivity contribution >= 4 is 66.8 Å². The fourth-order valence-corrected chi connectivity index (χ4v) is 5.28. The van der Waals surface area contributed by atoms with Crippen molar-refractivity contribution in [3.63, 3.8) is 0 Å². The molecule has 0 radical (unpaired) electrons. The number of aromatic nitrogens is 2. The predicted molar refractivity (Wildman–Crippen MR) is 140 cm³/mol. The quantitative estimate of drug-likeness (QED) is 0.161. The molecule has 1 heterocycles. The van der Waals surface area contributed by atoms with Crippen molar-refractivity contribution in [1.29, 1.82) is 0 Å².